The molecular formula is C11H23N7. The summed E-state index contributed by atoms with van der Waals surface area (Å²) >= 11 is 0. The predicted octanol–water partition coefficient (Wildman–Crippen LogP) is 0.488. The van der Waals surface area contributed by atoms with Crippen LogP contribution in [0.5, 0.6) is 0 Å². The van der Waals surface area contributed by atoms with Crippen molar-refractivity contribution in [1.82, 2.24) is 14.9 Å². The van der Waals surface area contributed by atoms with Gasteiger partial charge < -0.3 is 21.4 Å². The molecule has 7 heteroatoms. The molecule has 6 N–H and O–H groups in total. The quantitative estimate of drug-likeness (QED) is 0.303. The third-order valence-electron chi connectivity index (χ3n) is 2.74. The van der Waals surface area contributed by atoms with E-state index in [1.165, 1.54) is 0 Å². The SMILES string of the molecule is CCN(CC)CCCNc1cc(NN)nc(N)n1. The Kier molecular flexibility index (Phi) is 6.16. The minimum Gasteiger partial charge on any atom is -0.370 e. The first-order valence-electron chi connectivity index (χ1n) is 6.27. The molecule has 0 aromatic carbocycles. The molecule has 0 spiro atoms. The summed E-state index contributed by atoms with van der Waals surface area (Å²) < 4.78 is 0. The van der Waals surface area contributed by atoms with Crippen molar-refractivity contribution >= 4 is 17.6 Å². The van der Waals surface area contributed by atoms with Crippen LogP contribution in [0.2, 0.25) is 0 Å². The molecule has 0 aliphatic heterocycles. The Hall–Kier alpha value is -1.60. The van der Waals surface area contributed by atoms with Crippen molar-refractivity contribution in [3.05, 3.63) is 6.07 Å². The molecule has 0 fully saturated rings. The minimum atomic E-state index is 0.205. The lowest BCUT2D eigenvalue weighted by atomic mass is 10.3. The first-order chi connectivity index (χ1) is 8.69. The number of anilines is 3. The van der Waals surface area contributed by atoms with E-state index >= 15 is 0 Å². The summed E-state index contributed by atoms with van der Waals surface area (Å²) in [5.74, 6) is 6.69. The molecule has 1 rings (SSSR count). The smallest absolute Gasteiger partial charge is 0.223 e. The third kappa shape index (κ3) is 4.72. The molecule has 0 unspecified atom stereocenters. The van der Waals surface area contributed by atoms with Gasteiger partial charge in [0, 0.05) is 12.6 Å². The summed E-state index contributed by atoms with van der Waals surface area (Å²) in [4.78, 5) is 10.4. The molecule has 0 atom stereocenters. The highest BCUT2D eigenvalue weighted by atomic mass is 15.3. The lowest BCUT2D eigenvalue weighted by Gasteiger charge is -2.17. The van der Waals surface area contributed by atoms with Crippen molar-refractivity contribution in [3.8, 4) is 0 Å². The van der Waals surface area contributed by atoms with Gasteiger partial charge in [0.05, 0.1) is 0 Å². The summed E-state index contributed by atoms with van der Waals surface area (Å²) in [6.45, 7) is 8.42. The fraction of sp³-hybridized carbons (Fsp3) is 0.636. The van der Waals surface area contributed by atoms with Crippen LogP contribution in [-0.4, -0.2) is 41.0 Å². The zero-order valence-electron chi connectivity index (χ0n) is 11.1. The van der Waals surface area contributed by atoms with Gasteiger partial charge in [0.1, 0.15) is 11.6 Å². The molecule has 7 nitrogen and oxygen atoms in total. The molecule has 0 aliphatic carbocycles. The number of rotatable bonds is 8. The van der Waals surface area contributed by atoms with Crippen LogP contribution >= 0.6 is 0 Å². The van der Waals surface area contributed by atoms with E-state index in [4.69, 9.17) is 11.6 Å². The monoisotopic (exact) mass is 253 g/mol. The molecule has 0 saturated carbocycles. The molecule has 1 heterocycles. The van der Waals surface area contributed by atoms with Gasteiger partial charge in [-0.25, -0.2) is 5.84 Å². The normalized spacial score (nSPS) is 10.7. The van der Waals surface area contributed by atoms with Crippen LogP contribution in [0.3, 0.4) is 0 Å². The largest absolute Gasteiger partial charge is 0.370 e. The van der Waals surface area contributed by atoms with Gasteiger partial charge in [-0.05, 0) is 26.1 Å². The van der Waals surface area contributed by atoms with Crippen LogP contribution in [0.25, 0.3) is 0 Å². The van der Waals surface area contributed by atoms with Crippen molar-refractivity contribution in [2.75, 3.05) is 42.7 Å². The second-order valence-corrected chi connectivity index (χ2v) is 3.95. The number of hydrogen-bond acceptors (Lipinski definition) is 7. The van der Waals surface area contributed by atoms with Gasteiger partial charge in [-0.15, -0.1) is 0 Å². The number of aromatic nitrogens is 2. The maximum absolute atomic E-state index is 5.56. The van der Waals surface area contributed by atoms with Gasteiger partial charge >= 0.3 is 0 Å². The van der Waals surface area contributed by atoms with Crippen molar-refractivity contribution in [2.24, 2.45) is 5.84 Å². The van der Waals surface area contributed by atoms with Crippen molar-refractivity contribution in [3.63, 3.8) is 0 Å². The van der Waals surface area contributed by atoms with Gasteiger partial charge in [0.15, 0.2) is 0 Å². The summed E-state index contributed by atoms with van der Waals surface area (Å²) in [5, 5.41) is 3.21. The average Bonchev–Trinajstić information content (AvgIpc) is 2.38. The predicted molar refractivity (Wildman–Crippen MR) is 75.1 cm³/mol. The molecule has 0 radical (unpaired) electrons. The Morgan fingerprint density at radius 2 is 1.89 bits per heavy atom. The second-order valence-electron chi connectivity index (χ2n) is 3.95. The Bertz CT molecular complexity index is 351. The minimum absolute atomic E-state index is 0.205. The molecule has 0 amide bonds. The number of nitrogens with one attached hydrogen (secondary N) is 2. The summed E-state index contributed by atoms with van der Waals surface area (Å²) in [6.07, 6.45) is 1.05. The fourth-order valence-electron chi connectivity index (χ4n) is 1.69. The van der Waals surface area contributed by atoms with Crippen LogP contribution < -0.4 is 22.3 Å². The molecule has 1 aromatic rings. The number of hydrazine groups is 1. The lowest BCUT2D eigenvalue weighted by molar-refractivity contribution is 0.303. The van der Waals surface area contributed by atoms with Crippen LogP contribution in [-0.2, 0) is 0 Å². The first-order valence-corrected chi connectivity index (χ1v) is 6.27. The highest BCUT2D eigenvalue weighted by molar-refractivity contribution is 5.50. The van der Waals surface area contributed by atoms with Gasteiger partial charge in [0.2, 0.25) is 5.95 Å². The summed E-state index contributed by atoms with van der Waals surface area (Å²) in [5.41, 5.74) is 8.02. The standard InChI is InChI=1S/C11H23N7/c1-3-18(4-2)7-5-6-14-9-8-10(17-13)16-11(12)15-9/h8H,3-7,13H2,1-2H3,(H4,12,14,15,16,17). The maximum atomic E-state index is 5.56. The molecule has 1 aromatic heterocycles. The lowest BCUT2D eigenvalue weighted by Crippen LogP contribution is -2.25. The van der Waals surface area contributed by atoms with Gasteiger partial charge in [-0.3, -0.25) is 0 Å². The van der Waals surface area contributed by atoms with E-state index in [9.17, 15) is 0 Å². The number of nitrogens with zero attached hydrogens (tertiary/aromatic N) is 3. The van der Waals surface area contributed by atoms with Gasteiger partial charge in [0.25, 0.3) is 0 Å². The maximum Gasteiger partial charge on any atom is 0.223 e. The summed E-state index contributed by atoms with van der Waals surface area (Å²) in [7, 11) is 0. The molecular weight excluding hydrogens is 230 g/mol. The van der Waals surface area contributed by atoms with Gasteiger partial charge in [-0.2, -0.15) is 9.97 Å². The zero-order chi connectivity index (χ0) is 13.4. The molecule has 0 bridgehead atoms. The van der Waals surface area contributed by atoms with Crippen LogP contribution in [0.4, 0.5) is 17.6 Å². The molecule has 0 aliphatic rings. The molecule has 0 saturated heterocycles. The van der Waals surface area contributed by atoms with Crippen LogP contribution in [0.1, 0.15) is 20.3 Å². The van der Waals surface area contributed by atoms with Crippen LogP contribution in [0.15, 0.2) is 6.07 Å². The number of nitrogens with two attached hydrogens (primary N) is 2. The third-order valence-corrected chi connectivity index (χ3v) is 2.74. The molecule has 102 valence electrons. The van der Waals surface area contributed by atoms with Crippen molar-refractivity contribution in [1.29, 1.82) is 0 Å². The van der Waals surface area contributed by atoms with E-state index in [2.05, 4.69) is 39.5 Å². The van der Waals surface area contributed by atoms with E-state index in [0.717, 1.165) is 32.6 Å². The van der Waals surface area contributed by atoms with Crippen molar-refractivity contribution in [2.45, 2.75) is 20.3 Å². The molecule has 18 heavy (non-hydrogen) atoms. The Morgan fingerprint density at radius 1 is 1.22 bits per heavy atom. The summed E-state index contributed by atoms with van der Waals surface area (Å²) in [6, 6.07) is 1.73. The average molecular weight is 253 g/mol. The number of hydrogen-bond donors (Lipinski definition) is 4. The Balaban J connectivity index is 2.37. The van der Waals surface area contributed by atoms with E-state index in [0.29, 0.717) is 11.6 Å². The van der Waals surface area contributed by atoms with E-state index in [1.54, 1.807) is 6.07 Å². The van der Waals surface area contributed by atoms with Gasteiger partial charge in [-0.1, -0.05) is 13.8 Å². The topological polar surface area (TPSA) is 105 Å². The van der Waals surface area contributed by atoms with E-state index in [1.807, 2.05) is 0 Å². The van der Waals surface area contributed by atoms with Crippen molar-refractivity contribution < 1.29 is 0 Å². The zero-order valence-corrected chi connectivity index (χ0v) is 11.1. The van der Waals surface area contributed by atoms with E-state index in [-0.39, 0.29) is 5.95 Å². The van der Waals surface area contributed by atoms with Crippen LogP contribution in [0, 0.1) is 0 Å². The Morgan fingerprint density at radius 3 is 2.50 bits per heavy atom. The number of nitrogen functional groups attached to an aromatic ring is 2. The first kappa shape index (κ1) is 14.5. The second kappa shape index (κ2) is 7.67. The Labute approximate surface area is 108 Å². The fourth-order valence-corrected chi connectivity index (χ4v) is 1.69. The highest BCUT2D eigenvalue weighted by Gasteiger charge is 2.02. The van der Waals surface area contributed by atoms with E-state index < -0.39 is 0 Å². The highest BCUT2D eigenvalue weighted by Crippen LogP contribution is 2.11.